The Morgan fingerprint density at radius 2 is 1.92 bits per heavy atom. The molecule has 0 saturated carbocycles. The Bertz CT molecular complexity index is 1280. The SMILES string of the molecule is COc1cc(C(=O)CC[C@](C)(O)c2cc3c(c(-c4ccc(C)cc4)n2)OC[C@@]3(C)N)ccc1OCCO. The van der Waals surface area contributed by atoms with Gasteiger partial charge >= 0.3 is 0 Å². The number of benzene rings is 2. The third kappa shape index (κ3) is 5.61. The molecule has 0 aliphatic carbocycles. The van der Waals surface area contributed by atoms with E-state index in [2.05, 4.69) is 0 Å². The van der Waals surface area contributed by atoms with Gasteiger partial charge in [-0.05, 0) is 51.5 Å². The van der Waals surface area contributed by atoms with E-state index >= 15 is 0 Å². The maximum Gasteiger partial charge on any atom is 0.163 e. The number of hydrogen-bond donors (Lipinski definition) is 3. The molecule has 4 N–H and O–H groups in total. The lowest BCUT2D eigenvalue weighted by Gasteiger charge is -2.25. The smallest absolute Gasteiger partial charge is 0.163 e. The quantitative estimate of drug-likeness (QED) is 0.354. The maximum atomic E-state index is 13.0. The second-order valence-electron chi connectivity index (χ2n) is 9.94. The van der Waals surface area contributed by atoms with Gasteiger partial charge in [0.2, 0.25) is 0 Å². The zero-order valence-electron chi connectivity index (χ0n) is 21.7. The van der Waals surface area contributed by atoms with Crippen molar-refractivity contribution in [2.24, 2.45) is 5.73 Å². The van der Waals surface area contributed by atoms with Gasteiger partial charge in [0.25, 0.3) is 0 Å². The molecule has 1 aliphatic rings. The average Bonchev–Trinajstić information content (AvgIpc) is 3.20. The van der Waals surface area contributed by atoms with E-state index in [0.717, 1.165) is 16.7 Å². The van der Waals surface area contributed by atoms with Crippen LogP contribution in [0.3, 0.4) is 0 Å². The topological polar surface area (TPSA) is 124 Å². The summed E-state index contributed by atoms with van der Waals surface area (Å²) in [5.74, 6) is 1.31. The summed E-state index contributed by atoms with van der Waals surface area (Å²) < 4.78 is 16.7. The minimum absolute atomic E-state index is 0.0853. The molecule has 0 saturated heterocycles. The number of pyridine rings is 1. The van der Waals surface area contributed by atoms with Crippen LogP contribution in [0, 0.1) is 6.92 Å². The predicted octanol–water partition coefficient (Wildman–Crippen LogP) is 3.87. The normalized spacial score (nSPS) is 18.0. The second kappa shape index (κ2) is 10.5. The highest BCUT2D eigenvalue weighted by molar-refractivity contribution is 5.96. The minimum atomic E-state index is -1.39. The van der Waals surface area contributed by atoms with Crippen LogP contribution >= 0.6 is 0 Å². The van der Waals surface area contributed by atoms with Crippen molar-refractivity contribution in [3.63, 3.8) is 0 Å². The fourth-order valence-electron chi connectivity index (χ4n) is 4.33. The molecule has 2 aromatic carbocycles. The summed E-state index contributed by atoms with van der Waals surface area (Å²) in [4.78, 5) is 17.8. The van der Waals surface area contributed by atoms with Crippen LogP contribution in [-0.2, 0) is 11.1 Å². The highest BCUT2D eigenvalue weighted by atomic mass is 16.5. The third-order valence-corrected chi connectivity index (χ3v) is 6.65. The lowest BCUT2D eigenvalue weighted by atomic mass is 9.88. The fourth-order valence-corrected chi connectivity index (χ4v) is 4.33. The molecule has 2 atom stereocenters. The van der Waals surface area contributed by atoms with E-state index in [1.54, 1.807) is 31.2 Å². The van der Waals surface area contributed by atoms with Gasteiger partial charge in [-0.15, -0.1) is 0 Å². The van der Waals surface area contributed by atoms with E-state index in [0.29, 0.717) is 40.8 Å². The number of Topliss-reactive ketones (excluding diaryl/α,β-unsaturated/α-hetero) is 1. The van der Waals surface area contributed by atoms with Crippen molar-refractivity contribution < 1.29 is 29.2 Å². The van der Waals surface area contributed by atoms with Gasteiger partial charge in [-0.2, -0.15) is 0 Å². The van der Waals surface area contributed by atoms with Crippen molar-refractivity contribution in [3.05, 3.63) is 70.9 Å². The van der Waals surface area contributed by atoms with Crippen molar-refractivity contribution in [2.75, 3.05) is 26.9 Å². The van der Waals surface area contributed by atoms with Crippen LogP contribution in [-0.4, -0.2) is 47.9 Å². The maximum absolute atomic E-state index is 13.0. The Balaban J connectivity index is 1.60. The molecular weight excluding hydrogens is 472 g/mol. The summed E-state index contributed by atoms with van der Waals surface area (Å²) in [6.45, 7) is 5.87. The molecule has 1 aliphatic heterocycles. The molecule has 3 aromatic rings. The van der Waals surface area contributed by atoms with Gasteiger partial charge in [0, 0.05) is 23.1 Å². The zero-order valence-corrected chi connectivity index (χ0v) is 21.7. The number of hydrogen-bond acceptors (Lipinski definition) is 8. The third-order valence-electron chi connectivity index (χ3n) is 6.65. The van der Waals surface area contributed by atoms with Gasteiger partial charge < -0.3 is 30.2 Å². The molecule has 0 spiro atoms. The number of carbonyl (C=O) groups is 1. The number of nitrogens with two attached hydrogens (primary N) is 1. The van der Waals surface area contributed by atoms with Crippen LogP contribution in [0.1, 0.15) is 53.9 Å². The van der Waals surface area contributed by atoms with Gasteiger partial charge in [-0.3, -0.25) is 4.79 Å². The van der Waals surface area contributed by atoms with Crippen LogP contribution in [0.15, 0.2) is 48.5 Å². The first-order valence-corrected chi connectivity index (χ1v) is 12.3. The summed E-state index contributed by atoms with van der Waals surface area (Å²) in [5.41, 5.74) is 8.66. The molecule has 0 fully saturated rings. The number of nitrogens with zero attached hydrogens (tertiary/aromatic N) is 1. The first-order valence-electron chi connectivity index (χ1n) is 12.3. The predicted molar refractivity (Wildman–Crippen MR) is 140 cm³/mol. The molecular formula is C29H34N2O6. The first-order chi connectivity index (χ1) is 17.6. The second-order valence-corrected chi connectivity index (χ2v) is 9.94. The molecule has 4 rings (SSSR count). The van der Waals surface area contributed by atoms with Crippen LogP contribution < -0.4 is 19.9 Å². The van der Waals surface area contributed by atoms with Crippen molar-refractivity contribution in [3.8, 4) is 28.5 Å². The first kappa shape index (κ1) is 26.6. The molecule has 37 heavy (non-hydrogen) atoms. The Kier molecular flexibility index (Phi) is 7.54. The van der Waals surface area contributed by atoms with E-state index in [-0.39, 0.29) is 31.8 Å². The Morgan fingerprint density at radius 3 is 2.59 bits per heavy atom. The molecule has 8 nitrogen and oxygen atoms in total. The molecule has 0 amide bonds. The number of ketones is 1. The van der Waals surface area contributed by atoms with Gasteiger partial charge in [0.1, 0.15) is 24.5 Å². The zero-order chi connectivity index (χ0) is 26.8. The summed E-state index contributed by atoms with van der Waals surface area (Å²) in [7, 11) is 1.49. The van der Waals surface area contributed by atoms with E-state index in [4.69, 9.17) is 30.0 Å². The number of aliphatic hydroxyl groups is 2. The monoisotopic (exact) mass is 506 g/mol. The Hall–Kier alpha value is -3.46. The van der Waals surface area contributed by atoms with E-state index in [9.17, 15) is 9.90 Å². The Labute approximate surface area is 217 Å². The number of ether oxygens (including phenoxy) is 3. The van der Waals surface area contributed by atoms with Crippen LogP contribution in [0.4, 0.5) is 0 Å². The number of methoxy groups -OCH3 is 1. The fraction of sp³-hybridized carbons (Fsp3) is 0.379. The van der Waals surface area contributed by atoms with Gasteiger partial charge in [0.15, 0.2) is 23.0 Å². The summed E-state index contributed by atoms with van der Waals surface area (Å²) in [6.07, 6.45) is 0.236. The number of aliphatic hydroxyl groups excluding tert-OH is 1. The number of rotatable bonds is 10. The lowest BCUT2D eigenvalue weighted by molar-refractivity contribution is 0.0396. The van der Waals surface area contributed by atoms with E-state index in [1.807, 2.05) is 38.1 Å². The minimum Gasteiger partial charge on any atom is -0.493 e. The van der Waals surface area contributed by atoms with Crippen LogP contribution in [0.2, 0.25) is 0 Å². The molecule has 0 radical (unpaired) electrons. The lowest BCUT2D eigenvalue weighted by Crippen LogP contribution is -2.35. The summed E-state index contributed by atoms with van der Waals surface area (Å²) >= 11 is 0. The Morgan fingerprint density at radius 1 is 1.19 bits per heavy atom. The van der Waals surface area contributed by atoms with Crippen molar-refractivity contribution in [2.45, 2.75) is 44.8 Å². The van der Waals surface area contributed by atoms with E-state index in [1.165, 1.54) is 7.11 Å². The largest absolute Gasteiger partial charge is 0.493 e. The van der Waals surface area contributed by atoms with Crippen LogP contribution in [0.25, 0.3) is 11.3 Å². The highest BCUT2D eigenvalue weighted by Crippen LogP contribution is 2.44. The highest BCUT2D eigenvalue weighted by Gasteiger charge is 2.38. The summed E-state index contributed by atoms with van der Waals surface area (Å²) in [6, 6.07) is 14.6. The van der Waals surface area contributed by atoms with Crippen molar-refractivity contribution in [1.29, 1.82) is 0 Å². The van der Waals surface area contributed by atoms with Crippen LogP contribution in [0.5, 0.6) is 17.2 Å². The van der Waals surface area contributed by atoms with Gasteiger partial charge in [-0.25, -0.2) is 4.98 Å². The molecule has 196 valence electrons. The molecule has 0 unspecified atom stereocenters. The molecule has 1 aromatic heterocycles. The molecule has 0 bridgehead atoms. The van der Waals surface area contributed by atoms with E-state index < -0.39 is 11.1 Å². The number of aromatic nitrogens is 1. The number of aryl methyl sites for hydroxylation is 1. The average molecular weight is 507 g/mol. The van der Waals surface area contributed by atoms with Gasteiger partial charge in [-0.1, -0.05) is 29.8 Å². The van der Waals surface area contributed by atoms with Crippen molar-refractivity contribution >= 4 is 5.78 Å². The van der Waals surface area contributed by atoms with Crippen molar-refractivity contribution in [1.82, 2.24) is 4.98 Å². The molecule has 2 heterocycles. The number of carbonyl (C=O) groups excluding carboxylic acids is 1. The molecule has 8 heteroatoms. The standard InChI is InChI=1S/C29H34N2O6/c1-18-5-7-19(8-6-18)26-27-21(28(2,30)17-37-27)16-25(31-26)29(3,34)12-11-22(33)20-9-10-23(36-14-13-32)24(15-20)35-4/h5-10,15-16,32,34H,11-14,17,30H2,1-4H3/t28-,29+/m1/s1. The number of fused-ring (bicyclic) bond motifs is 1. The van der Waals surface area contributed by atoms with Gasteiger partial charge in [0.05, 0.1) is 24.9 Å². The summed E-state index contributed by atoms with van der Waals surface area (Å²) in [5, 5.41) is 20.5.